The fraction of sp³-hybridized carbons (Fsp3) is 0.125. The molecule has 0 aromatic heterocycles. The van der Waals surface area contributed by atoms with Crippen LogP contribution in [-0.4, -0.2) is 31.9 Å². The zero-order chi connectivity index (χ0) is 23.6. The number of urea groups is 1. The molecule has 0 unspecified atom stereocenters. The Hall–Kier alpha value is -4.04. The standard InChI is InChI=1S/C24H23ClN4O4/c1-3-33-21-12-7-16(13-22(21)32-2)15-26-29-23(30)17-8-10-19(11-9-17)27-24(31)28-20-6-4-5-18(25)14-20/h4-15H,3H2,1-2H3,(H,29,30)(H2,27,28,31)/b26-15+. The number of carbonyl (C=O) groups excluding carboxylic acids is 2. The van der Waals surface area contributed by atoms with Gasteiger partial charge >= 0.3 is 6.03 Å². The number of halogens is 1. The first-order chi connectivity index (χ1) is 16.0. The average Bonchev–Trinajstić information content (AvgIpc) is 2.80. The van der Waals surface area contributed by atoms with Crippen LogP contribution in [0.4, 0.5) is 16.2 Å². The number of nitrogens with one attached hydrogen (secondary N) is 3. The molecule has 0 radical (unpaired) electrons. The minimum Gasteiger partial charge on any atom is -0.493 e. The number of amides is 3. The van der Waals surface area contributed by atoms with E-state index in [1.807, 2.05) is 6.92 Å². The molecule has 0 aliphatic heterocycles. The van der Waals surface area contributed by atoms with E-state index in [-0.39, 0.29) is 5.91 Å². The first kappa shape index (κ1) is 23.6. The number of benzene rings is 3. The molecule has 3 aromatic carbocycles. The van der Waals surface area contributed by atoms with E-state index in [0.717, 1.165) is 5.56 Å². The molecule has 0 aliphatic rings. The summed E-state index contributed by atoms with van der Waals surface area (Å²) in [6, 6.07) is 18.1. The Morgan fingerprint density at radius 2 is 1.73 bits per heavy atom. The van der Waals surface area contributed by atoms with Crippen LogP contribution in [0.3, 0.4) is 0 Å². The third-order valence-electron chi connectivity index (χ3n) is 4.35. The number of hydrazone groups is 1. The highest BCUT2D eigenvalue weighted by molar-refractivity contribution is 6.30. The van der Waals surface area contributed by atoms with Gasteiger partial charge in [-0.2, -0.15) is 5.10 Å². The summed E-state index contributed by atoms with van der Waals surface area (Å²) < 4.78 is 10.8. The number of carbonyl (C=O) groups is 2. The van der Waals surface area contributed by atoms with Gasteiger partial charge in [0.15, 0.2) is 11.5 Å². The highest BCUT2D eigenvalue weighted by atomic mass is 35.5. The molecule has 0 saturated carbocycles. The van der Waals surface area contributed by atoms with Gasteiger partial charge in [0.2, 0.25) is 0 Å². The van der Waals surface area contributed by atoms with E-state index in [1.54, 1.807) is 73.8 Å². The molecule has 0 fully saturated rings. The maximum Gasteiger partial charge on any atom is 0.323 e. The van der Waals surface area contributed by atoms with Crippen molar-refractivity contribution in [3.05, 3.63) is 82.9 Å². The minimum atomic E-state index is -0.426. The summed E-state index contributed by atoms with van der Waals surface area (Å²) in [5, 5.41) is 9.87. The van der Waals surface area contributed by atoms with E-state index < -0.39 is 6.03 Å². The van der Waals surface area contributed by atoms with Crippen molar-refractivity contribution in [2.45, 2.75) is 6.92 Å². The fourth-order valence-corrected chi connectivity index (χ4v) is 3.02. The topological polar surface area (TPSA) is 101 Å². The van der Waals surface area contributed by atoms with Gasteiger partial charge in [-0.1, -0.05) is 17.7 Å². The van der Waals surface area contributed by atoms with Gasteiger partial charge in [0, 0.05) is 22.0 Å². The van der Waals surface area contributed by atoms with Crippen LogP contribution in [0.5, 0.6) is 11.5 Å². The molecule has 0 heterocycles. The zero-order valence-corrected chi connectivity index (χ0v) is 18.8. The van der Waals surface area contributed by atoms with Gasteiger partial charge in [0.25, 0.3) is 5.91 Å². The summed E-state index contributed by atoms with van der Waals surface area (Å²) in [7, 11) is 1.56. The fourth-order valence-electron chi connectivity index (χ4n) is 2.83. The molecule has 0 atom stereocenters. The second-order valence-corrected chi connectivity index (χ2v) is 7.15. The van der Waals surface area contributed by atoms with Crippen LogP contribution >= 0.6 is 11.6 Å². The molecule has 9 heteroatoms. The number of nitrogens with zero attached hydrogens (tertiary/aromatic N) is 1. The van der Waals surface area contributed by atoms with Gasteiger partial charge in [0.05, 0.1) is 19.9 Å². The molecule has 3 rings (SSSR count). The molecular weight excluding hydrogens is 444 g/mol. The van der Waals surface area contributed by atoms with Crippen LogP contribution in [0.2, 0.25) is 5.02 Å². The lowest BCUT2D eigenvalue weighted by Crippen LogP contribution is -2.20. The molecule has 3 N–H and O–H groups in total. The summed E-state index contributed by atoms with van der Waals surface area (Å²) >= 11 is 5.91. The Morgan fingerprint density at radius 1 is 0.970 bits per heavy atom. The molecule has 0 aliphatic carbocycles. The predicted octanol–water partition coefficient (Wildman–Crippen LogP) is 5.16. The quantitative estimate of drug-likeness (QED) is 0.315. The molecular formula is C24H23ClN4O4. The van der Waals surface area contributed by atoms with Gasteiger partial charge in [-0.25, -0.2) is 10.2 Å². The summed E-state index contributed by atoms with van der Waals surface area (Å²) in [5.74, 6) is 0.824. The smallest absolute Gasteiger partial charge is 0.323 e. The summed E-state index contributed by atoms with van der Waals surface area (Å²) in [5.41, 5.74) is 4.69. The first-order valence-corrected chi connectivity index (χ1v) is 10.4. The first-order valence-electron chi connectivity index (χ1n) is 10.1. The third-order valence-corrected chi connectivity index (χ3v) is 4.59. The lowest BCUT2D eigenvalue weighted by Gasteiger charge is -2.09. The van der Waals surface area contributed by atoms with Gasteiger partial charge in [0.1, 0.15) is 0 Å². The maximum atomic E-state index is 12.3. The lowest BCUT2D eigenvalue weighted by atomic mass is 10.2. The largest absolute Gasteiger partial charge is 0.493 e. The normalized spacial score (nSPS) is 10.5. The number of ether oxygens (including phenoxy) is 2. The van der Waals surface area contributed by atoms with E-state index in [9.17, 15) is 9.59 Å². The van der Waals surface area contributed by atoms with Gasteiger partial charge < -0.3 is 20.1 Å². The van der Waals surface area contributed by atoms with Crippen molar-refractivity contribution in [2.75, 3.05) is 24.4 Å². The van der Waals surface area contributed by atoms with E-state index in [1.165, 1.54) is 6.21 Å². The van der Waals surface area contributed by atoms with Gasteiger partial charge in [-0.15, -0.1) is 0 Å². The van der Waals surface area contributed by atoms with Crippen LogP contribution in [-0.2, 0) is 0 Å². The summed E-state index contributed by atoms with van der Waals surface area (Å²) in [4.78, 5) is 24.4. The molecule has 170 valence electrons. The second kappa shape index (κ2) is 11.5. The summed E-state index contributed by atoms with van der Waals surface area (Å²) in [6.07, 6.45) is 1.51. The number of methoxy groups -OCH3 is 1. The van der Waals surface area contributed by atoms with E-state index in [2.05, 4.69) is 21.2 Å². The van der Waals surface area contributed by atoms with Gasteiger partial charge in [-0.05, 0) is 73.2 Å². The van der Waals surface area contributed by atoms with Crippen molar-refractivity contribution in [3.8, 4) is 11.5 Å². The van der Waals surface area contributed by atoms with Gasteiger partial charge in [-0.3, -0.25) is 4.79 Å². The molecule has 33 heavy (non-hydrogen) atoms. The van der Waals surface area contributed by atoms with Crippen LogP contribution in [0, 0.1) is 0 Å². The van der Waals surface area contributed by atoms with E-state index >= 15 is 0 Å². The van der Waals surface area contributed by atoms with Crippen molar-refractivity contribution < 1.29 is 19.1 Å². The Balaban J connectivity index is 1.54. The molecule has 3 amide bonds. The Morgan fingerprint density at radius 3 is 2.42 bits per heavy atom. The number of hydrogen-bond donors (Lipinski definition) is 3. The average molecular weight is 467 g/mol. The molecule has 0 bridgehead atoms. The van der Waals surface area contributed by atoms with E-state index in [4.69, 9.17) is 21.1 Å². The molecule has 0 spiro atoms. The Kier molecular flexibility index (Phi) is 8.26. The summed E-state index contributed by atoms with van der Waals surface area (Å²) in [6.45, 7) is 2.42. The third kappa shape index (κ3) is 6.98. The molecule has 3 aromatic rings. The van der Waals surface area contributed by atoms with Crippen molar-refractivity contribution in [1.82, 2.24) is 5.43 Å². The van der Waals surface area contributed by atoms with Crippen molar-refractivity contribution >= 4 is 41.1 Å². The highest BCUT2D eigenvalue weighted by Crippen LogP contribution is 2.27. The van der Waals surface area contributed by atoms with Crippen molar-refractivity contribution in [1.29, 1.82) is 0 Å². The monoisotopic (exact) mass is 466 g/mol. The van der Waals surface area contributed by atoms with Crippen LogP contribution in [0.25, 0.3) is 0 Å². The SMILES string of the molecule is CCOc1ccc(/C=N/NC(=O)c2ccc(NC(=O)Nc3cccc(Cl)c3)cc2)cc1OC. The predicted molar refractivity (Wildman–Crippen MR) is 130 cm³/mol. The minimum absolute atomic E-state index is 0.386. The maximum absolute atomic E-state index is 12.3. The van der Waals surface area contributed by atoms with Crippen LogP contribution < -0.4 is 25.5 Å². The number of anilines is 2. The zero-order valence-electron chi connectivity index (χ0n) is 18.1. The highest BCUT2D eigenvalue weighted by Gasteiger charge is 2.07. The van der Waals surface area contributed by atoms with Crippen LogP contribution in [0.15, 0.2) is 71.8 Å². The van der Waals surface area contributed by atoms with Crippen LogP contribution in [0.1, 0.15) is 22.8 Å². The second-order valence-electron chi connectivity index (χ2n) is 6.71. The lowest BCUT2D eigenvalue weighted by molar-refractivity contribution is 0.0955. The van der Waals surface area contributed by atoms with E-state index in [0.29, 0.717) is 40.1 Å². The van der Waals surface area contributed by atoms with Crippen molar-refractivity contribution in [3.63, 3.8) is 0 Å². The number of rotatable bonds is 8. The van der Waals surface area contributed by atoms with Crippen molar-refractivity contribution in [2.24, 2.45) is 5.10 Å². The number of hydrogen-bond acceptors (Lipinski definition) is 5. The molecule has 0 saturated heterocycles. The Labute approximate surface area is 196 Å². The molecule has 8 nitrogen and oxygen atoms in total. The Bertz CT molecular complexity index is 1150.